The minimum atomic E-state index is 0.475. The van der Waals surface area contributed by atoms with E-state index in [4.69, 9.17) is 4.98 Å². The smallest absolute Gasteiger partial charge is 0.230 e. The Morgan fingerprint density at radius 3 is 2.53 bits per heavy atom. The lowest BCUT2D eigenvalue weighted by molar-refractivity contribution is 0.415. The van der Waals surface area contributed by atoms with Crippen LogP contribution in [-0.4, -0.2) is 63.5 Å². The highest BCUT2D eigenvalue weighted by Gasteiger charge is 2.23. The number of fused-ring (bicyclic) bond motifs is 3. The second kappa shape index (κ2) is 8.05. The fourth-order valence-electron chi connectivity index (χ4n) is 5.08. The zero-order valence-electron chi connectivity index (χ0n) is 18.4. The maximum atomic E-state index is 4.93. The number of aromatic nitrogens is 5. The topological polar surface area (TPSA) is 75.0 Å². The molecule has 0 radical (unpaired) electrons. The molecule has 1 aliphatic carbocycles. The SMILES string of the molecule is BN1CCN(c2ccc(Nc3ncc4c5ccncc5n(C5CCCC5)c4n3)nc2)CC1. The summed E-state index contributed by atoms with van der Waals surface area (Å²) in [6.07, 6.45) is 12.6. The maximum Gasteiger partial charge on any atom is 0.230 e. The molecular formula is C23H27BN8. The molecule has 0 atom stereocenters. The van der Waals surface area contributed by atoms with E-state index in [1.54, 1.807) is 0 Å². The molecule has 4 aromatic rings. The number of hydrogen-bond donors (Lipinski definition) is 1. The van der Waals surface area contributed by atoms with Crippen LogP contribution in [0.4, 0.5) is 17.5 Å². The Hall–Kier alpha value is -3.20. The lowest BCUT2D eigenvalue weighted by Crippen LogP contribution is -2.45. The van der Waals surface area contributed by atoms with Gasteiger partial charge in [-0.3, -0.25) is 4.98 Å². The fraction of sp³-hybridized carbons (Fsp3) is 0.391. The number of rotatable bonds is 4. The van der Waals surface area contributed by atoms with Crippen molar-refractivity contribution < 1.29 is 0 Å². The molecule has 9 heteroatoms. The Kier molecular flexibility index (Phi) is 4.90. The summed E-state index contributed by atoms with van der Waals surface area (Å²) in [7, 11) is 2.17. The van der Waals surface area contributed by atoms with E-state index in [1.165, 1.54) is 31.1 Å². The van der Waals surface area contributed by atoms with Gasteiger partial charge in [0.1, 0.15) is 11.5 Å². The highest BCUT2D eigenvalue weighted by molar-refractivity contribution is 6.06. The van der Waals surface area contributed by atoms with E-state index < -0.39 is 0 Å². The van der Waals surface area contributed by atoms with Gasteiger partial charge in [0, 0.05) is 55.4 Å². The van der Waals surface area contributed by atoms with E-state index in [9.17, 15) is 0 Å². The van der Waals surface area contributed by atoms with Crippen LogP contribution in [0.15, 0.2) is 43.0 Å². The molecule has 2 aliphatic rings. The molecule has 0 amide bonds. The average molecular weight is 426 g/mol. The van der Waals surface area contributed by atoms with E-state index in [2.05, 4.69) is 54.7 Å². The van der Waals surface area contributed by atoms with Crippen molar-refractivity contribution >= 4 is 47.4 Å². The fourth-order valence-corrected chi connectivity index (χ4v) is 5.08. The van der Waals surface area contributed by atoms with Crippen LogP contribution in [-0.2, 0) is 0 Å². The summed E-state index contributed by atoms with van der Waals surface area (Å²) >= 11 is 0. The second-order valence-corrected chi connectivity index (χ2v) is 8.95. The third kappa shape index (κ3) is 3.46. The number of pyridine rings is 2. The quantitative estimate of drug-likeness (QED) is 0.503. The number of anilines is 3. The molecule has 32 heavy (non-hydrogen) atoms. The second-order valence-electron chi connectivity index (χ2n) is 8.95. The average Bonchev–Trinajstić information content (AvgIpc) is 3.46. The molecule has 162 valence electrons. The van der Waals surface area contributed by atoms with E-state index in [0.29, 0.717) is 12.0 Å². The molecule has 4 aromatic heterocycles. The number of piperazine rings is 1. The van der Waals surface area contributed by atoms with Crippen molar-refractivity contribution in [1.82, 2.24) is 29.3 Å². The summed E-state index contributed by atoms with van der Waals surface area (Å²) in [5.74, 6) is 1.33. The Morgan fingerprint density at radius 1 is 0.906 bits per heavy atom. The monoisotopic (exact) mass is 426 g/mol. The predicted octanol–water partition coefficient (Wildman–Crippen LogP) is 2.90. The zero-order valence-corrected chi connectivity index (χ0v) is 18.4. The molecule has 1 saturated heterocycles. The van der Waals surface area contributed by atoms with Crippen LogP contribution in [0.25, 0.3) is 21.9 Å². The Labute approximate surface area is 188 Å². The molecule has 5 heterocycles. The predicted molar refractivity (Wildman–Crippen MR) is 130 cm³/mol. The first kappa shape index (κ1) is 19.5. The molecule has 0 aromatic carbocycles. The number of nitrogens with zero attached hydrogens (tertiary/aromatic N) is 7. The van der Waals surface area contributed by atoms with Crippen molar-refractivity contribution in [1.29, 1.82) is 0 Å². The third-order valence-corrected chi connectivity index (χ3v) is 6.89. The Balaban J connectivity index is 1.30. The molecule has 1 N–H and O–H groups in total. The van der Waals surface area contributed by atoms with Gasteiger partial charge < -0.3 is 19.6 Å². The van der Waals surface area contributed by atoms with Crippen LogP contribution in [0.5, 0.6) is 0 Å². The van der Waals surface area contributed by atoms with Gasteiger partial charge in [0.25, 0.3) is 0 Å². The van der Waals surface area contributed by atoms with Crippen molar-refractivity contribution in [2.75, 3.05) is 36.4 Å². The van der Waals surface area contributed by atoms with Gasteiger partial charge in [-0.05, 0) is 31.0 Å². The summed E-state index contributed by atoms with van der Waals surface area (Å²) in [4.78, 5) is 23.3. The summed E-state index contributed by atoms with van der Waals surface area (Å²) in [6, 6.07) is 6.68. The van der Waals surface area contributed by atoms with Crippen LogP contribution >= 0.6 is 0 Å². The van der Waals surface area contributed by atoms with Crippen molar-refractivity contribution in [2.24, 2.45) is 0 Å². The molecule has 0 spiro atoms. The molecule has 1 aliphatic heterocycles. The molecule has 2 fully saturated rings. The van der Waals surface area contributed by atoms with Crippen molar-refractivity contribution in [3.63, 3.8) is 0 Å². The van der Waals surface area contributed by atoms with Gasteiger partial charge in [-0.15, -0.1) is 0 Å². The molecule has 8 nitrogen and oxygen atoms in total. The van der Waals surface area contributed by atoms with E-state index in [1.807, 2.05) is 30.9 Å². The standard InChI is InChI=1S/C23H27BN8/c24-31-11-9-30(10-12-31)17-5-6-21(26-13-17)28-23-27-14-19-18-7-8-25-15-20(18)32(22(19)29-23)16-3-1-2-4-16/h5-8,13-16H,1-4,9-12,24H2,(H,26,27,28,29). The van der Waals surface area contributed by atoms with Gasteiger partial charge in [-0.1, -0.05) is 12.8 Å². The maximum absolute atomic E-state index is 4.93. The van der Waals surface area contributed by atoms with Gasteiger partial charge >= 0.3 is 0 Å². The lowest BCUT2D eigenvalue weighted by Gasteiger charge is -2.34. The molecule has 6 rings (SSSR count). The minimum Gasteiger partial charge on any atom is -0.368 e. The van der Waals surface area contributed by atoms with E-state index >= 15 is 0 Å². The molecule has 0 bridgehead atoms. The Morgan fingerprint density at radius 2 is 1.75 bits per heavy atom. The first-order valence-corrected chi connectivity index (χ1v) is 11.5. The summed E-state index contributed by atoms with van der Waals surface area (Å²) in [5, 5.41) is 5.56. The van der Waals surface area contributed by atoms with Crippen LogP contribution in [0.3, 0.4) is 0 Å². The normalized spacial score (nSPS) is 18.1. The van der Waals surface area contributed by atoms with Crippen LogP contribution in [0.1, 0.15) is 31.7 Å². The van der Waals surface area contributed by atoms with Crippen molar-refractivity contribution in [3.8, 4) is 0 Å². The third-order valence-electron chi connectivity index (χ3n) is 6.89. The largest absolute Gasteiger partial charge is 0.368 e. The van der Waals surface area contributed by atoms with Gasteiger partial charge in [0.15, 0.2) is 7.98 Å². The highest BCUT2D eigenvalue weighted by atomic mass is 15.2. The van der Waals surface area contributed by atoms with Gasteiger partial charge in [-0.2, -0.15) is 4.98 Å². The first-order valence-electron chi connectivity index (χ1n) is 11.5. The van der Waals surface area contributed by atoms with Crippen LogP contribution in [0, 0.1) is 0 Å². The molecular weight excluding hydrogens is 399 g/mol. The molecule has 1 saturated carbocycles. The van der Waals surface area contributed by atoms with Gasteiger partial charge in [0.2, 0.25) is 5.95 Å². The van der Waals surface area contributed by atoms with Gasteiger partial charge in [0.05, 0.1) is 23.6 Å². The Bertz CT molecular complexity index is 1240. The van der Waals surface area contributed by atoms with Gasteiger partial charge in [-0.25, -0.2) is 9.97 Å². The van der Waals surface area contributed by atoms with Crippen LogP contribution < -0.4 is 10.2 Å². The van der Waals surface area contributed by atoms with E-state index in [0.717, 1.165) is 54.2 Å². The summed E-state index contributed by atoms with van der Waals surface area (Å²) < 4.78 is 2.38. The summed E-state index contributed by atoms with van der Waals surface area (Å²) in [6.45, 7) is 4.23. The minimum absolute atomic E-state index is 0.475. The number of nitrogens with one attached hydrogen (secondary N) is 1. The lowest BCUT2D eigenvalue weighted by atomic mass is 10.2. The van der Waals surface area contributed by atoms with E-state index in [-0.39, 0.29) is 0 Å². The first-order chi connectivity index (χ1) is 15.8. The molecule has 0 unspecified atom stereocenters. The summed E-state index contributed by atoms with van der Waals surface area (Å²) in [5.41, 5.74) is 3.29. The van der Waals surface area contributed by atoms with Crippen molar-refractivity contribution in [3.05, 3.63) is 43.0 Å². The zero-order chi connectivity index (χ0) is 21.5. The number of hydrogen-bond acceptors (Lipinski definition) is 7. The highest BCUT2D eigenvalue weighted by Crippen LogP contribution is 2.37. The van der Waals surface area contributed by atoms with Crippen LogP contribution in [0.2, 0.25) is 0 Å². The van der Waals surface area contributed by atoms with Crippen molar-refractivity contribution in [2.45, 2.75) is 31.7 Å².